The zero-order valence-corrected chi connectivity index (χ0v) is 14.4. The molecule has 1 aliphatic heterocycles. The summed E-state index contributed by atoms with van der Waals surface area (Å²) in [6.45, 7) is 0.566. The predicted octanol–water partition coefficient (Wildman–Crippen LogP) is 2.18. The Balaban J connectivity index is 1.30. The monoisotopic (exact) mass is 363 g/mol. The number of carbonyl (C=O) groups is 2. The van der Waals surface area contributed by atoms with Gasteiger partial charge in [-0.15, -0.1) is 0 Å². The van der Waals surface area contributed by atoms with Crippen LogP contribution in [0.1, 0.15) is 17.5 Å². The predicted molar refractivity (Wildman–Crippen MR) is 95.8 cm³/mol. The molecule has 2 aromatic rings. The molecule has 0 radical (unpaired) electrons. The average Bonchev–Trinajstić information content (AvgIpc) is 3.36. The van der Waals surface area contributed by atoms with Crippen LogP contribution in [-0.4, -0.2) is 18.6 Å². The van der Waals surface area contributed by atoms with Gasteiger partial charge in [-0.1, -0.05) is 18.2 Å². The number of nitrogens with one attached hydrogen (secondary N) is 2. The summed E-state index contributed by atoms with van der Waals surface area (Å²) < 4.78 is 10.6. The normalized spacial score (nSPS) is 19.1. The molecule has 1 aliphatic carbocycles. The van der Waals surface area contributed by atoms with Gasteiger partial charge in [-0.3, -0.25) is 9.59 Å². The second kappa shape index (κ2) is 7.00. The minimum Gasteiger partial charge on any atom is -0.454 e. The van der Waals surface area contributed by atoms with Crippen LogP contribution in [0.2, 0.25) is 0 Å². The van der Waals surface area contributed by atoms with Gasteiger partial charge in [-0.2, -0.15) is 5.26 Å². The number of nitrogens with zero attached hydrogens (tertiary/aromatic N) is 1. The van der Waals surface area contributed by atoms with Gasteiger partial charge >= 0.3 is 0 Å². The number of benzene rings is 2. The molecule has 0 bridgehead atoms. The zero-order chi connectivity index (χ0) is 18.8. The molecule has 2 aromatic carbocycles. The lowest BCUT2D eigenvalue weighted by molar-refractivity contribution is -0.125. The van der Waals surface area contributed by atoms with E-state index in [1.54, 1.807) is 24.3 Å². The van der Waals surface area contributed by atoms with E-state index in [4.69, 9.17) is 14.7 Å². The molecule has 1 heterocycles. The van der Waals surface area contributed by atoms with Gasteiger partial charge in [0.2, 0.25) is 18.6 Å². The second-order valence-electron chi connectivity index (χ2n) is 6.50. The van der Waals surface area contributed by atoms with Crippen molar-refractivity contribution in [3.63, 3.8) is 0 Å². The zero-order valence-electron chi connectivity index (χ0n) is 14.4. The maximum Gasteiger partial charge on any atom is 0.231 e. The molecular formula is C20H17N3O4. The minimum absolute atomic E-state index is 0.151. The van der Waals surface area contributed by atoms with E-state index in [0.717, 1.165) is 5.56 Å². The van der Waals surface area contributed by atoms with E-state index in [-0.39, 0.29) is 30.4 Å². The van der Waals surface area contributed by atoms with E-state index in [1.807, 2.05) is 24.3 Å². The minimum atomic E-state index is -0.367. The van der Waals surface area contributed by atoms with E-state index >= 15 is 0 Å². The fourth-order valence-electron chi connectivity index (χ4n) is 3.06. The molecule has 1 fully saturated rings. The molecule has 0 saturated heterocycles. The van der Waals surface area contributed by atoms with Crippen LogP contribution in [0.4, 0.5) is 5.69 Å². The van der Waals surface area contributed by atoms with Crippen molar-refractivity contribution in [1.82, 2.24) is 5.32 Å². The number of nitriles is 1. The Morgan fingerprint density at radius 3 is 2.70 bits per heavy atom. The molecule has 7 nitrogen and oxygen atoms in total. The number of para-hydroxylation sites is 1. The van der Waals surface area contributed by atoms with Gasteiger partial charge in [0.25, 0.3) is 0 Å². The third-order valence-corrected chi connectivity index (χ3v) is 4.67. The van der Waals surface area contributed by atoms with Gasteiger partial charge < -0.3 is 20.1 Å². The highest BCUT2D eigenvalue weighted by atomic mass is 16.7. The van der Waals surface area contributed by atoms with Crippen molar-refractivity contribution in [3.8, 4) is 17.6 Å². The van der Waals surface area contributed by atoms with Gasteiger partial charge in [-0.25, -0.2) is 0 Å². The summed E-state index contributed by atoms with van der Waals surface area (Å²) in [4.78, 5) is 24.6. The fourth-order valence-corrected chi connectivity index (χ4v) is 3.06. The highest BCUT2D eigenvalue weighted by Gasteiger charge is 2.48. The van der Waals surface area contributed by atoms with Crippen molar-refractivity contribution in [2.45, 2.75) is 13.0 Å². The molecular weight excluding hydrogens is 346 g/mol. The molecule has 27 heavy (non-hydrogen) atoms. The molecule has 7 heteroatoms. The summed E-state index contributed by atoms with van der Waals surface area (Å²) in [5.41, 5.74) is 1.77. The summed E-state index contributed by atoms with van der Waals surface area (Å²) in [6.07, 6.45) is 0.507. The first kappa shape index (κ1) is 16.9. The molecule has 0 aromatic heterocycles. The van der Waals surface area contributed by atoms with Crippen molar-refractivity contribution >= 4 is 17.5 Å². The van der Waals surface area contributed by atoms with E-state index in [9.17, 15) is 9.59 Å². The number of carbonyl (C=O) groups excluding carboxylic acids is 2. The van der Waals surface area contributed by atoms with Crippen LogP contribution in [0.15, 0.2) is 42.5 Å². The number of rotatable bonds is 5. The smallest absolute Gasteiger partial charge is 0.231 e. The lowest BCUT2D eigenvalue weighted by Gasteiger charge is -2.08. The summed E-state index contributed by atoms with van der Waals surface area (Å²) in [5.74, 6) is 0.271. The van der Waals surface area contributed by atoms with Gasteiger partial charge in [0, 0.05) is 6.54 Å². The van der Waals surface area contributed by atoms with E-state index in [0.29, 0.717) is 35.7 Å². The standard InChI is InChI=1S/C20H17N3O4/c21-9-13-3-1-2-4-16(13)23-20(25)15-8-14(15)19(24)22-10-12-5-6-17-18(7-12)27-11-26-17/h1-7,14-15H,8,10-11H2,(H,22,24)(H,23,25). The van der Waals surface area contributed by atoms with Crippen LogP contribution in [0, 0.1) is 23.2 Å². The Bertz CT molecular complexity index is 950. The largest absolute Gasteiger partial charge is 0.454 e. The number of fused-ring (bicyclic) bond motifs is 1. The quantitative estimate of drug-likeness (QED) is 0.848. The topological polar surface area (TPSA) is 100 Å². The maximum atomic E-state index is 12.3. The Morgan fingerprint density at radius 1 is 1.07 bits per heavy atom. The Kier molecular flexibility index (Phi) is 4.38. The first-order chi connectivity index (χ1) is 13.2. The summed E-state index contributed by atoms with van der Waals surface area (Å²) >= 11 is 0. The lowest BCUT2D eigenvalue weighted by Crippen LogP contribution is -2.27. The van der Waals surface area contributed by atoms with Crippen LogP contribution in [-0.2, 0) is 16.1 Å². The van der Waals surface area contributed by atoms with Crippen molar-refractivity contribution in [2.75, 3.05) is 12.1 Å². The summed E-state index contributed by atoms with van der Waals surface area (Å²) in [7, 11) is 0. The van der Waals surface area contributed by atoms with E-state index in [1.165, 1.54) is 0 Å². The molecule has 2 amide bonds. The average molecular weight is 363 g/mol. The fraction of sp³-hybridized carbons (Fsp3) is 0.250. The molecule has 2 atom stereocenters. The molecule has 4 rings (SSSR count). The molecule has 136 valence electrons. The maximum absolute atomic E-state index is 12.3. The van der Waals surface area contributed by atoms with Crippen molar-refractivity contribution in [3.05, 3.63) is 53.6 Å². The van der Waals surface area contributed by atoms with Gasteiger partial charge in [0.15, 0.2) is 11.5 Å². The summed E-state index contributed by atoms with van der Waals surface area (Å²) in [5, 5.41) is 14.7. The molecule has 1 saturated carbocycles. The first-order valence-electron chi connectivity index (χ1n) is 8.62. The van der Waals surface area contributed by atoms with Crippen LogP contribution >= 0.6 is 0 Å². The van der Waals surface area contributed by atoms with Crippen molar-refractivity contribution in [1.29, 1.82) is 5.26 Å². The number of hydrogen-bond acceptors (Lipinski definition) is 5. The molecule has 2 unspecified atom stereocenters. The Labute approximate surface area is 155 Å². The Hall–Kier alpha value is -3.53. The summed E-state index contributed by atoms with van der Waals surface area (Å²) in [6, 6.07) is 14.3. The van der Waals surface area contributed by atoms with Gasteiger partial charge in [0.1, 0.15) is 6.07 Å². The highest BCUT2D eigenvalue weighted by molar-refractivity contribution is 6.00. The van der Waals surface area contributed by atoms with Crippen molar-refractivity contribution in [2.24, 2.45) is 11.8 Å². The van der Waals surface area contributed by atoms with Gasteiger partial charge in [-0.05, 0) is 36.2 Å². The van der Waals surface area contributed by atoms with Crippen LogP contribution in [0.5, 0.6) is 11.5 Å². The third kappa shape index (κ3) is 3.55. The van der Waals surface area contributed by atoms with Crippen molar-refractivity contribution < 1.29 is 19.1 Å². The number of hydrogen-bond donors (Lipinski definition) is 2. The van der Waals surface area contributed by atoms with Crippen LogP contribution in [0.3, 0.4) is 0 Å². The number of anilines is 1. The van der Waals surface area contributed by atoms with Crippen LogP contribution in [0.25, 0.3) is 0 Å². The first-order valence-corrected chi connectivity index (χ1v) is 8.62. The highest BCUT2D eigenvalue weighted by Crippen LogP contribution is 2.40. The van der Waals surface area contributed by atoms with Gasteiger partial charge in [0.05, 0.1) is 23.1 Å². The Morgan fingerprint density at radius 2 is 1.85 bits per heavy atom. The number of ether oxygens (including phenoxy) is 2. The molecule has 2 aliphatic rings. The SMILES string of the molecule is N#Cc1ccccc1NC(=O)C1CC1C(=O)NCc1ccc2c(c1)OCO2. The lowest BCUT2D eigenvalue weighted by atomic mass is 10.2. The third-order valence-electron chi connectivity index (χ3n) is 4.67. The van der Waals surface area contributed by atoms with E-state index < -0.39 is 0 Å². The van der Waals surface area contributed by atoms with Crippen LogP contribution < -0.4 is 20.1 Å². The number of amides is 2. The molecule has 2 N–H and O–H groups in total. The second-order valence-corrected chi connectivity index (χ2v) is 6.50. The molecule has 0 spiro atoms. The van der Waals surface area contributed by atoms with E-state index in [2.05, 4.69) is 10.6 Å².